The van der Waals surface area contributed by atoms with E-state index in [1.54, 1.807) is 42.5 Å². The molecule has 3 amide bonds. The quantitative estimate of drug-likeness (QED) is 0.318. The number of imide groups is 1. The summed E-state index contributed by atoms with van der Waals surface area (Å²) in [6.07, 6.45) is 2.69. The average Bonchev–Trinajstić information content (AvgIpc) is 3.55. The van der Waals surface area contributed by atoms with Gasteiger partial charge in [-0.2, -0.15) is 0 Å². The maximum atomic E-state index is 12.9. The van der Waals surface area contributed by atoms with Gasteiger partial charge < -0.3 is 19.5 Å². The molecule has 1 saturated heterocycles. The lowest BCUT2D eigenvalue weighted by molar-refractivity contribution is -0.118. The van der Waals surface area contributed by atoms with Gasteiger partial charge in [0.25, 0.3) is 17.7 Å². The second kappa shape index (κ2) is 11.5. The van der Waals surface area contributed by atoms with Gasteiger partial charge in [-0.05, 0) is 72.7 Å². The van der Waals surface area contributed by atoms with Crippen molar-refractivity contribution in [1.29, 1.82) is 0 Å². The second-order valence-corrected chi connectivity index (χ2v) is 10.8. The lowest BCUT2D eigenvalue weighted by Gasteiger charge is -2.23. The standard InChI is InChI=1S/C32H34N2O6/c1-4-32(2,3)21-10-12-23(13-11-21)39-20-29(35)33-22-7-5-8-24(17-22)40-25-14-15-27-28(18-25)31(37)34(30(27)36)19-26-9-6-16-38-26/h5,7-8,10-15,17-18,26H,4,6,9,16,19-20H2,1-3H3,(H,33,35). The summed E-state index contributed by atoms with van der Waals surface area (Å²) in [5, 5.41) is 2.82. The highest BCUT2D eigenvalue weighted by atomic mass is 16.5. The molecule has 2 heterocycles. The van der Waals surface area contributed by atoms with Crippen LogP contribution in [0.1, 0.15) is 66.3 Å². The predicted molar refractivity (Wildman–Crippen MR) is 151 cm³/mol. The zero-order valence-electron chi connectivity index (χ0n) is 23.1. The molecule has 0 spiro atoms. The summed E-state index contributed by atoms with van der Waals surface area (Å²) in [5.41, 5.74) is 2.52. The number of amides is 3. The minimum absolute atomic E-state index is 0.0839. The zero-order valence-corrected chi connectivity index (χ0v) is 23.1. The molecule has 0 radical (unpaired) electrons. The Hall–Kier alpha value is -4.17. The molecule has 208 valence electrons. The molecule has 1 atom stereocenters. The molecule has 0 aliphatic carbocycles. The summed E-state index contributed by atoms with van der Waals surface area (Å²) < 4.78 is 17.2. The van der Waals surface area contributed by atoms with Gasteiger partial charge in [-0.1, -0.05) is 39.0 Å². The van der Waals surface area contributed by atoms with E-state index in [0.717, 1.165) is 19.3 Å². The summed E-state index contributed by atoms with van der Waals surface area (Å²) in [5.74, 6) is 0.562. The fourth-order valence-corrected chi connectivity index (χ4v) is 4.82. The number of benzene rings is 3. The smallest absolute Gasteiger partial charge is 0.262 e. The number of rotatable bonds is 10. The second-order valence-electron chi connectivity index (χ2n) is 10.8. The van der Waals surface area contributed by atoms with Crippen LogP contribution in [0.3, 0.4) is 0 Å². The largest absolute Gasteiger partial charge is 0.484 e. The molecule has 8 heteroatoms. The molecule has 0 aromatic heterocycles. The lowest BCUT2D eigenvalue weighted by Crippen LogP contribution is -2.36. The number of nitrogens with one attached hydrogen (secondary N) is 1. The Kier molecular flexibility index (Phi) is 7.89. The number of nitrogens with zero attached hydrogens (tertiary/aromatic N) is 1. The van der Waals surface area contributed by atoms with Gasteiger partial charge in [-0.15, -0.1) is 0 Å². The first kappa shape index (κ1) is 27.4. The van der Waals surface area contributed by atoms with Crippen LogP contribution < -0.4 is 14.8 Å². The van der Waals surface area contributed by atoms with Crippen molar-refractivity contribution in [2.24, 2.45) is 0 Å². The van der Waals surface area contributed by atoms with Crippen LogP contribution >= 0.6 is 0 Å². The molecule has 5 rings (SSSR count). The molecule has 1 N–H and O–H groups in total. The van der Waals surface area contributed by atoms with Crippen LogP contribution in [0.2, 0.25) is 0 Å². The van der Waals surface area contributed by atoms with Crippen molar-refractivity contribution in [1.82, 2.24) is 4.90 Å². The van der Waals surface area contributed by atoms with E-state index in [1.165, 1.54) is 10.5 Å². The number of hydrogen-bond acceptors (Lipinski definition) is 6. The van der Waals surface area contributed by atoms with Crippen molar-refractivity contribution >= 4 is 23.4 Å². The van der Waals surface area contributed by atoms with Crippen LogP contribution in [0.5, 0.6) is 17.2 Å². The third kappa shape index (κ3) is 6.02. The number of hydrogen-bond donors (Lipinski definition) is 1. The molecule has 3 aromatic rings. The van der Waals surface area contributed by atoms with E-state index in [0.29, 0.717) is 40.7 Å². The third-order valence-corrected chi connectivity index (χ3v) is 7.60. The van der Waals surface area contributed by atoms with Crippen LogP contribution in [0.4, 0.5) is 5.69 Å². The van der Waals surface area contributed by atoms with Crippen molar-refractivity contribution in [2.45, 2.75) is 51.6 Å². The number of fused-ring (bicyclic) bond motifs is 1. The number of ether oxygens (including phenoxy) is 3. The van der Waals surface area contributed by atoms with E-state index in [4.69, 9.17) is 14.2 Å². The van der Waals surface area contributed by atoms with E-state index in [-0.39, 0.29) is 42.4 Å². The van der Waals surface area contributed by atoms with Gasteiger partial charge in [0.15, 0.2) is 6.61 Å². The van der Waals surface area contributed by atoms with Crippen LogP contribution in [-0.4, -0.2) is 48.5 Å². The fourth-order valence-electron chi connectivity index (χ4n) is 4.82. The highest BCUT2D eigenvalue weighted by molar-refractivity contribution is 6.21. The Balaban J connectivity index is 1.18. The predicted octanol–water partition coefficient (Wildman–Crippen LogP) is 5.96. The molecule has 8 nitrogen and oxygen atoms in total. The summed E-state index contributed by atoms with van der Waals surface area (Å²) in [4.78, 5) is 39.5. The highest BCUT2D eigenvalue weighted by Crippen LogP contribution is 2.31. The maximum absolute atomic E-state index is 12.9. The number of carbonyl (C=O) groups excluding carboxylic acids is 3. The van der Waals surface area contributed by atoms with Crippen molar-refractivity contribution in [3.63, 3.8) is 0 Å². The summed E-state index contributed by atoms with van der Waals surface area (Å²) in [6.45, 7) is 7.33. The molecule has 3 aromatic carbocycles. The lowest BCUT2D eigenvalue weighted by atomic mass is 9.82. The first-order chi connectivity index (χ1) is 19.2. The van der Waals surface area contributed by atoms with Gasteiger partial charge in [-0.3, -0.25) is 19.3 Å². The Morgan fingerprint density at radius 1 is 0.975 bits per heavy atom. The van der Waals surface area contributed by atoms with Gasteiger partial charge in [0.05, 0.1) is 23.8 Å². The van der Waals surface area contributed by atoms with Gasteiger partial charge in [0, 0.05) is 18.4 Å². The zero-order chi connectivity index (χ0) is 28.3. The molecule has 2 aliphatic rings. The minimum atomic E-state index is -0.342. The molecule has 40 heavy (non-hydrogen) atoms. The first-order valence-electron chi connectivity index (χ1n) is 13.7. The monoisotopic (exact) mass is 542 g/mol. The topological polar surface area (TPSA) is 94.2 Å². The minimum Gasteiger partial charge on any atom is -0.484 e. The van der Waals surface area contributed by atoms with Crippen molar-refractivity contribution in [3.05, 3.63) is 83.4 Å². The Morgan fingerprint density at radius 3 is 2.42 bits per heavy atom. The maximum Gasteiger partial charge on any atom is 0.262 e. The fraction of sp³-hybridized carbons (Fsp3) is 0.344. The summed E-state index contributed by atoms with van der Waals surface area (Å²) in [7, 11) is 0. The van der Waals surface area contributed by atoms with Crippen molar-refractivity contribution < 1.29 is 28.6 Å². The van der Waals surface area contributed by atoms with Crippen molar-refractivity contribution in [3.8, 4) is 17.2 Å². The van der Waals surface area contributed by atoms with Gasteiger partial charge >= 0.3 is 0 Å². The summed E-state index contributed by atoms with van der Waals surface area (Å²) in [6, 6.07) is 19.6. The molecule has 0 bridgehead atoms. The Morgan fingerprint density at radius 2 is 1.70 bits per heavy atom. The molecule has 0 saturated carbocycles. The highest BCUT2D eigenvalue weighted by Gasteiger charge is 2.37. The summed E-state index contributed by atoms with van der Waals surface area (Å²) >= 11 is 0. The van der Waals surface area contributed by atoms with Gasteiger partial charge in [-0.25, -0.2) is 0 Å². The van der Waals surface area contributed by atoms with E-state index in [1.807, 2.05) is 24.3 Å². The van der Waals surface area contributed by atoms with E-state index in [2.05, 4.69) is 26.1 Å². The van der Waals surface area contributed by atoms with E-state index in [9.17, 15) is 14.4 Å². The Labute approximate surface area is 234 Å². The van der Waals surface area contributed by atoms with Crippen molar-refractivity contribution in [2.75, 3.05) is 25.1 Å². The average molecular weight is 543 g/mol. The number of carbonyl (C=O) groups is 3. The number of anilines is 1. The van der Waals surface area contributed by atoms with Crippen LogP contribution in [0.25, 0.3) is 0 Å². The molecular weight excluding hydrogens is 508 g/mol. The first-order valence-corrected chi connectivity index (χ1v) is 13.7. The van der Waals surface area contributed by atoms with E-state index < -0.39 is 0 Å². The molecular formula is C32H34N2O6. The van der Waals surface area contributed by atoms with Gasteiger partial charge in [0.1, 0.15) is 17.2 Å². The SMILES string of the molecule is CCC(C)(C)c1ccc(OCC(=O)Nc2cccc(Oc3ccc4c(c3)C(=O)N(CC3CCCO3)C4=O)c2)cc1. The van der Waals surface area contributed by atoms with Crippen LogP contribution in [0.15, 0.2) is 66.7 Å². The van der Waals surface area contributed by atoms with Gasteiger partial charge in [0.2, 0.25) is 0 Å². The van der Waals surface area contributed by atoms with Crippen LogP contribution in [0, 0.1) is 0 Å². The third-order valence-electron chi connectivity index (χ3n) is 7.60. The molecule has 2 aliphatic heterocycles. The van der Waals surface area contributed by atoms with Crippen LogP contribution in [-0.2, 0) is 14.9 Å². The normalized spacial score (nSPS) is 16.7. The van der Waals surface area contributed by atoms with E-state index >= 15 is 0 Å². The molecule has 1 unspecified atom stereocenters. The molecule has 1 fully saturated rings. The Bertz CT molecular complexity index is 1410.